The smallest absolute Gasteiger partial charge is 0.208 e. The maximum Gasteiger partial charge on any atom is 0.208 e. The van der Waals surface area contributed by atoms with E-state index in [1.54, 1.807) is 0 Å². The second kappa shape index (κ2) is 3.00. The Bertz CT molecular complexity index is 333. The fraction of sp³-hybridized carbons (Fsp3) is 0.111. The summed E-state index contributed by atoms with van der Waals surface area (Å²) in [5.74, 6) is 0.780. The predicted molar refractivity (Wildman–Crippen MR) is 50.5 cm³/mol. The lowest BCUT2D eigenvalue weighted by atomic mass is 10.1. The van der Waals surface area contributed by atoms with E-state index in [-0.39, 0.29) is 0 Å². The first-order valence-electron chi connectivity index (χ1n) is 3.54. The molecule has 0 N–H and O–H groups in total. The molecule has 1 aliphatic heterocycles. The minimum absolute atomic E-state index is 0.523. The molecular formula is C9H6Cl2O. The zero-order chi connectivity index (χ0) is 8.55. The number of ether oxygens (including phenoxy) is 1. The van der Waals surface area contributed by atoms with Crippen LogP contribution in [0.15, 0.2) is 29.3 Å². The largest absolute Gasteiger partial charge is 0.469 e. The van der Waals surface area contributed by atoms with Crippen LogP contribution in [-0.2, 0) is 0 Å². The molecule has 3 heteroatoms. The first-order valence-corrected chi connectivity index (χ1v) is 4.35. The van der Waals surface area contributed by atoms with E-state index in [1.165, 1.54) is 0 Å². The van der Waals surface area contributed by atoms with Gasteiger partial charge in [0.1, 0.15) is 5.75 Å². The third kappa shape index (κ3) is 1.30. The lowest BCUT2D eigenvalue weighted by Crippen LogP contribution is -2.12. The molecule has 0 saturated carbocycles. The first kappa shape index (κ1) is 7.96. The van der Waals surface area contributed by atoms with Gasteiger partial charge in [-0.1, -0.05) is 41.4 Å². The molecule has 0 fully saturated rings. The Kier molecular flexibility index (Phi) is 1.99. The molecule has 1 heterocycles. The van der Waals surface area contributed by atoms with Crippen molar-refractivity contribution >= 4 is 29.3 Å². The van der Waals surface area contributed by atoms with Gasteiger partial charge in [-0.3, -0.25) is 0 Å². The monoisotopic (exact) mass is 200 g/mol. The fourth-order valence-electron chi connectivity index (χ4n) is 1.09. The molecule has 12 heavy (non-hydrogen) atoms. The van der Waals surface area contributed by atoms with Crippen molar-refractivity contribution in [1.82, 2.24) is 0 Å². The summed E-state index contributed by atoms with van der Waals surface area (Å²) in [7, 11) is 0. The van der Waals surface area contributed by atoms with Gasteiger partial charge in [0.2, 0.25) is 5.56 Å². The molecule has 1 aliphatic rings. The van der Waals surface area contributed by atoms with E-state index in [0.29, 0.717) is 5.03 Å². The maximum atomic E-state index is 5.80. The Hall–Kier alpha value is -0.660. The van der Waals surface area contributed by atoms with E-state index in [2.05, 4.69) is 0 Å². The summed E-state index contributed by atoms with van der Waals surface area (Å²) in [5, 5.41) is 0.523. The Labute approximate surface area is 80.6 Å². The van der Waals surface area contributed by atoms with Gasteiger partial charge in [0.15, 0.2) is 0 Å². The van der Waals surface area contributed by atoms with Crippen LogP contribution in [0, 0.1) is 0 Å². The lowest BCUT2D eigenvalue weighted by molar-refractivity contribution is 0.318. The van der Waals surface area contributed by atoms with Crippen LogP contribution in [0.5, 0.6) is 5.75 Å². The van der Waals surface area contributed by atoms with Crippen LogP contribution in [0.25, 0.3) is 6.08 Å². The van der Waals surface area contributed by atoms with Crippen LogP contribution in [0.2, 0.25) is 0 Å². The number of alkyl halides is 1. The molecule has 0 bridgehead atoms. The number of halogens is 2. The SMILES string of the molecule is ClC1=Cc2ccccc2OC1Cl. The van der Waals surface area contributed by atoms with Gasteiger partial charge in [0.05, 0.1) is 5.03 Å². The average molecular weight is 201 g/mol. The lowest BCUT2D eigenvalue weighted by Gasteiger charge is -2.18. The van der Waals surface area contributed by atoms with Crippen LogP contribution in [0.4, 0.5) is 0 Å². The van der Waals surface area contributed by atoms with Gasteiger partial charge in [-0.2, -0.15) is 0 Å². The summed E-state index contributed by atoms with van der Waals surface area (Å²) in [6.45, 7) is 0. The Morgan fingerprint density at radius 3 is 2.83 bits per heavy atom. The van der Waals surface area contributed by atoms with Gasteiger partial charge >= 0.3 is 0 Å². The predicted octanol–water partition coefficient (Wildman–Crippen LogP) is 3.22. The Morgan fingerprint density at radius 2 is 2.00 bits per heavy atom. The molecule has 0 aliphatic carbocycles. The molecule has 1 atom stereocenters. The summed E-state index contributed by atoms with van der Waals surface area (Å²) < 4.78 is 5.31. The van der Waals surface area contributed by atoms with Gasteiger partial charge in [-0.25, -0.2) is 0 Å². The molecule has 1 nitrogen and oxygen atoms in total. The van der Waals surface area contributed by atoms with Gasteiger partial charge in [0, 0.05) is 5.56 Å². The fourth-order valence-corrected chi connectivity index (χ4v) is 1.41. The standard InChI is InChI=1S/C9H6Cl2O/c10-7-5-6-3-1-2-4-8(6)12-9(7)11/h1-5,9H. The number of benzene rings is 1. The van der Waals surface area contributed by atoms with Crippen LogP contribution in [0.1, 0.15) is 5.56 Å². The number of hydrogen-bond acceptors (Lipinski definition) is 1. The van der Waals surface area contributed by atoms with Crippen molar-refractivity contribution in [3.8, 4) is 5.75 Å². The van der Waals surface area contributed by atoms with E-state index < -0.39 is 5.56 Å². The number of rotatable bonds is 0. The molecule has 2 rings (SSSR count). The van der Waals surface area contributed by atoms with Crippen molar-refractivity contribution < 1.29 is 4.74 Å². The summed E-state index contributed by atoms with van der Waals surface area (Å²) in [4.78, 5) is 0. The molecule has 62 valence electrons. The number of hydrogen-bond donors (Lipinski definition) is 0. The molecule has 0 amide bonds. The molecule has 0 radical (unpaired) electrons. The zero-order valence-electron chi connectivity index (χ0n) is 6.13. The molecule has 1 aromatic carbocycles. The highest BCUT2D eigenvalue weighted by Crippen LogP contribution is 2.32. The van der Waals surface area contributed by atoms with Crippen molar-refractivity contribution in [2.45, 2.75) is 5.56 Å². The summed E-state index contributed by atoms with van der Waals surface area (Å²) in [6.07, 6.45) is 1.82. The van der Waals surface area contributed by atoms with Crippen LogP contribution in [0.3, 0.4) is 0 Å². The van der Waals surface area contributed by atoms with E-state index in [9.17, 15) is 0 Å². The quantitative estimate of drug-likeness (QED) is 0.585. The average Bonchev–Trinajstić information content (AvgIpc) is 2.07. The molecule has 1 unspecified atom stereocenters. The van der Waals surface area contributed by atoms with Gasteiger partial charge in [-0.05, 0) is 12.1 Å². The third-order valence-electron chi connectivity index (χ3n) is 1.66. The van der Waals surface area contributed by atoms with Crippen molar-refractivity contribution in [3.63, 3.8) is 0 Å². The first-order chi connectivity index (χ1) is 5.77. The highest BCUT2D eigenvalue weighted by atomic mass is 35.5. The Balaban J connectivity index is 2.49. The molecule has 0 aromatic heterocycles. The summed E-state index contributed by atoms with van der Waals surface area (Å²) in [6, 6.07) is 7.62. The van der Waals surface area contributed by atoms with Crippen molar-refractivity contribution in [2.24, 2.45) is 0 Å². The normalized spacial score (nSPS) is 20.8. The highest BCUT2D eigenvalue weighted by molar-refractivity contribution is 6.38. The minimum atomic E-state index is -0.540. The number of fused-ring (bicyclic) bond motifs is 1. The Morgan fingerprint density at radius 1 is 1.25 bits per heavy atom. The maximum absolute atomic E-state index is 5.80. The summed E-state index contributed by atoms with van der Waals surface area (Å²) in [5.41, 5.74) is 0.431. The molecule has 0 spiro atoms. The molecular weight excluding hydrogens is 195 g/mol. The molecule has 0 saturated heterocycles. The zero-order valence-corrected chi connectivity index (χ0v) is 7.64. The molecule has 1 aromatic rings. The second-order valence-corrected chi connectivity index (χ2v) is 3.33. The van der Waals surface area contributed by atoms with Gasteiger partial charge < -0.3 is 4.74 Å². The van der Waals surface area contributed by atoms with Crippen molar-refractivity contribution in [3.05, 3.63) is 34.9 Å². The summed E-state index contributed by atoms with van der Waals surface area (Å²) >= 11 is 11.6. The van der Waals surface area contributed by atoms with Crippen LogP contribution in [-0.4, -0.2) is 5.56 Å². The van der Waals surface area contributed by atoms with E-state index >= 15 is 0 Å². The van der Waals surface area contributed by atoms with E-state index in [4.69, 9.17) is 27.9 Å². The topological polar surface area (TPSA) is 9.23 Å². The van der Waals surface area contributed by atoms with Crippen LogP contribution >= 0.6 is 23.2 Å². The van der Waals surface area contributed by atoms with Crippen molar-refractivity contribution in [2.75, 3.05) is 0 Å². The van der Waals surface area contributed by atoms with E-state index in [0.717, 1.165) is 11.3 Å². The van der Waals surface area contributed by atoms with Gasteiger partial charge in [-0.15, -0.1) is 0 Å². The second-order valence-electron chi connectivity index (χ2n) is 2.50. The van der Waals surface area contributed by atoms with Crippen LogP contribution < -0.4 is 4.74 Å². The minimum Gasteiger partial charge on any atom is -0.469 e. The van der Waals surface area contributed by atoms with E-state index in [1.807, 2.05) is 30.3 Å². The highest BCUT2D eigenvalue weighted by Gasteiger charge is 2.17. The third-order valence-corrected chi connectivity index (χ3v) is 2.40. The van der Waals surface area contributed by atoms with Crippen molar-refractivity contribution in [1.29, 1.82) is 0 Å². The van der Waals surface area contributed by atoms with Gasteiger partial charge in [0.25, 0.3) is 0 Å². The number of para-hydroxylation sites is 1.